The summed E-state index contributed by atoms with van der Waals surface area (Å²) in [6, 6.07) is 12.6. The fourth-order valence-electron chi connectivity index (χ4n) is 3.01. The number of sulfone groups is 1. The SMILES string of the molecule is C[C@]1(NC(=O)c2cccc(CSc3cc(Cl)ccc3Cl)c2)CCS(=O)(=O)C1. The third-order valence-electron chi connectivity index (χ3n) is 4.40. The smallest absolute Gasteiger partial charge is 0.251 e. The molecule has 1 amide bonds. The number of halogens is 2. The van der Waals surface area contributed by atoms with Gasteiger partial charge in [-0.05, 0) is 49.2 Å². The van der Waals surface area contributed by atoms with Gasteiger partial charge in [-0.2, -0.15) is 0 Å². The lowest BCUT2D eigenvalue weighted by Gasteiger charge is -2.24. The van der Waals surface area contributed by atoms with Crippen LogP contribution in [0, 0.1) is 0 Å². The van der Waals surface area contributed by atoms with Crippen LogP contribution in [-0.4, -0.2) is 31.4 Å². The van der Waals surface area contributed by atoms with Gasteiger partial charge in [0.25, 0.3) is 5.91 Å². The Bertz CT molecular complexity index is 979. The highest BCUT2D eigenvalue weighted by molar-refractivity contribution is 7.98. The van der Waals surface area contributed by atoms with Gasteiger partial charge < -0.3 is 5.32 Å². The third kappa shape index (κ3) is 5.41. The first-order valence-electron chi connectivity index (χ1n) is 8.36. The fraction of sp³-hybridized carbons (Fsp3) is 0.316. The molecule has 1 atom stereocenters. The molecule has 144 valence electrons. The van der Waals surface area contributed by atoms with Gasteiger partial charge in [-0.1, -0.05) is 35.3 Å². The molecule has 0 aromatic heterocycles. The zero-order valence-electron chi connectivity index (χ0n) is 14.7. The van der Waals surface area contributed by atoms with Gasteiger partial charge in [0.05, 0.1) is 22.1 Å². The van der Waals surface area contributed by atoms with Crippen LogP contribution in [0.4, 0.5) is 0 Å². The highest BCUT2D eigenvalue weighted by Crippen LogP contribution is 2.32. The number of thioether (sulfide) groups is 1. The van der Waals surface area contributed by atoms with Gasteiger partial charge >= 0.3 is 0 Å². The van der Waals surface area contributed by atoms with Crippen molar-refractivity contribution in [3.63, 3.8) is 0 Å². The second-order valence-electron chi connectivity index (χ2n) is 6.92. The van der Waals surface area contributed by atoms with E-state index in [1.807, 2.05) is 24.3 Å². The van der Waals surface area contributed by atoms with E-state index < -0.39 is 15.4 Å². The molecule has 3 rings (SSSR count). The summed E-state index contributed by atoms with van der Waals surface area (Å²) in [7, 11) is -3.08. The zero-order valence-corrected chi connectivity index (χ0v) is 17.8. The zero-order chi connectivity index (χ0) is 19.7. The molecule has 1 heterocycles. The number of amides is 1. The lowest BCUT2D eigenvalue weighted by atomic mass is 10.0. The van der Waals surface area contributed by atoms with Crippen LogP contribution >= 0.6 is 35.0 Å². The molecule has 2 aromatic rings. The minimum Gasteiger partial charge on any atom is -0.346 e. The molecular weight excluding hydrogens is 425 g/mol. The van der Waals surface area contributed by atoms with Crippen molar-refractivity contribution < 1.29 is 13.2 Å². The number of benzene rings is 2. The van der Waals surface area contributed by atoms with Crippen LogP contribution in [0.3, 0.4) is 0 Å². The Hall–Kier alpha value is -1.21. The van der Waals surface area contributed by atoms with Crippen molar-refractivity contribution in [2.75, 3.05) is 11.5 Å². The Morgan fingerprint density at radius 1 is 1.22 bits per heavy atom. The molecule has 0 unspecified atom stereocenters. The number of hydrogen-bond acceptors (Lipinski definition) is 4. The van der Waals surface area contributed by atoms with Crippen molar-refractivity contribution >= 4 is 50.7 Å². The van der Waals surface area contributed by atoms with E-state index in [4.69, 9.17) is 23.2 Å². The van der Waals surface area contributed by atoms with Gasteiger partial charge in [0.1, 0.15) is 0 Å². The van der Waals surface area contributed by atoms with Crippen LogP contribution in [0.2, 0.25) is 10.0 Å². The minimum atomic E-state index is -3.08. The predicted molar refractivity (Wildman–Crippen MR) is 112 cm³/mol. The Labute approximate surface area is 173 Å². The van der Waals surface area contributed by atoms with Gasteiger partial charge in [-0.25, -0.2) is 8.42 Å². The molecule has 1 saturated heterocycles. The molecule has 0 saturated carbocycles. The third-order valence-corrected chi connectivity index (χ3v) is 8.10. The summed E-state index contributed by atoms with van der Waals surface area (Å²) in [5.41, 5.74) is 0.762. The van der Waals surface area contributed by atoms with E-state index in [2.05, 4.69) is 5.32 Å². The second-order valence-corrected chi connectivity index (χ2v) is 11.0. The summed E-state index contributed by atoms with van der Waals surface area (Å²) in [4.78, 5) is 13.5. The van der Waals surface area contributed by atoms with Gasteiger partial charge in [0, 0.05) is 21.2 Å². The fourth-order valence-corrected chi connectivity index (χ4v) is 6.54. The standard InChI is InChI=1S/C19H19Cl2NO3S2/c1-19(7-8-27(24,25)12-19)22-18(23)14-4-2-3-13(9-14)11-26-17-10-15(20)5-6-16(17)21/h2-6,9-10H,7-8,11-12H2,1H3,(H,22,23)/t19-/m0/s1. The molecule has 1 aliphatic rings. The molecule has 4 nitrogen and oxygen atoms in total. The minimum absolute atomic E-state index is 0.0193. The molecule has 0 radical (unpaired) electrons. The van der Waals surface area contributed by atoms with Crippen LogP contribution in [-0.2, 0) is 15.6 Å². The van der Waals surface area contributed by atoms with Crippen molar-refractivity contribution in [2.24, 2.45) is 0 Å². The molecule has 0 bridgehead atoms. The topological polar surface area (TPSA) is 63.2 Å². The van der Waals surface area contributed by atoms with Gasteiger partial charge in [-0.3, -0.25) is 4.79 Å². The molecule has 0 aliphatic carbocycles. The summed E-state index contributed by atoms with van der Waals surface area (Å²) >= 11 is 13.7. The lowest BCUT2D eigenvalue weighted by Crippen LogP contribution is -2.46. The van der Waals surface area contributed by atoms with Crippen LogP contribution in [0.1, 0.15) is 29.3 Å². The number of hydrogen-bond donors (Lipinski definition) is 1. The summed E-state index contributed by atoms with van der Waals surface area (Å²) in [6.07, 6.45) is 0.434. The summed E-state index contributed by atoms with van der Waals surface area (Å²) < 4.78 is 23.4. The van der Waals surface area contributed by atoms with Crippen LogP contribution < -0.4 is 5.32 Å². The highest BCUT2D eigenvalue weighted by Gasteiger charge is 2.39. The highest BCUT2D eigenvalue weighted by atomic mass is 35.5. The maximum Gasteiger partial charge on any atom is 0.251 e. The number of nitrogens with one attached hydrogen (secondary N) is 1. The Morgan fingerprint density at radius 2 is 2.00 bits per heavy atom. The molecule has 2 aromatic carbocycles. The van der Waals surface area contributed by atoms with E-state index in [1.165, 1.54) is 11.8 Å². The molecule has 0 spiro atoms. The average Bonchev–Trinajstić information content (AvgIpc) is 2.88. The normalized spacial score (nSPS) is 21.1. The van der Waals surface area contributed by atoms with E-state index in [9.17, 15) is 13.2 Å². The second kappa shape index (κ2) is 8.03. The Balaban J connectivity index is 1.68. The molecule has 27 heavy (non-hydrogen) atoms. The van der Waals surface area contributed by atoms with Crippen molar-refractivity contribution in [3.05, 3.63) is 63.6 Å². The summed E-state index contributed by atoms with van der Waals surface area (Å²) in [5, 5.41) is 4.13. The van der Waals surface area contributed by atoms with Crippen molar-refractivity contribution in [3.8, 4) is 0 Å². The quantitative estimate of drug-likeness (QED) is 0.686. The van der Waals surface area contributed by atoms with Crippen LogP contribution in [0.15, 0.2) is 47.4 Å². The van der Waals surface area contributed by atoms with Crippen molar-refractivity contribution in [2.45, 2.75) is 29.5 Å². The van der Waals surface area contributed by atoms with Gasteiger partial charge in [0.15, 0.2) is 9.84 Å². The summed E-state index contributed by atoms with van der Waals surface area (Å²) in [6.45, 7) is 1.77. The molecule has 1 aliphatic heterocycles. The maximum atomic E-state index is 12.6. The molecule has 1 fully saturated rings. The number of rotatable bonds is 5. The Morgan fingerprint density at radius 3 is 2.70 bits per heavy atom. The van der Waals surface area contributed by atoms with E-state index >= 15 is 0 Å². The van der Waals surface area contributed by atoms with Crippen LogP contribution in [0.25, 0.3) is 0 Å². The van der Waals surface area contributed by atoms with Crippen molar-refractivity contribution in [1.82, 2.24) is 5.32 Å². The van der Waals surface area contributed by atoms with Crippen molar-refractivity contribution in [1.29, 1.82) is 0 Å². The molecule has 1 N–H and O–H groups in total. The Kier molecular flexibility index (Phi) is 6.11. The number of carbonyl (C=O) groups is 1. The first-order valence-corrected chi connectivity index (χ1v) is 11.9. The molecular formula is C19H19Cl2NO3S2. The lowest BCUT2D eigenvalue weighted by molar-refractivity contribution is 0.0915. The van der Waals surface area contributed by atoms with E-state index in [-0.39, 0.29) is 17.4 Å². The molecule has 8 heteroatoms. The number of carbonyl (C=O) groups excluding carboxylic acids is 1. The monoisotopic (exact) mass is 443 g/mol. The van der Waals surface area contributed by atoms with E-state index in [1.54, 1.807) is 25.1 Å². The first kappa shape index (κ1) is 20.5. The first-order chi connectivity index (χ1) is 12.7. The largest absolute Gasteiger partial charge is 0.346 e. The average molecular weight is 444 g/mol. The van der Waals surface area contributed by atoms with E-state index in [0.29, 0.717) is 27.8 Å². The maximum absolute atomic E-state index is 12.6. The van der Waals surface area contributed by atoms with Gasteiger partial charge in [-0.15, -0.1) is 11.8 Å². The van der Waals surface area contributed by atoms with Crippen LogP contribution in [0.5, 0.6) is 0 Å². The van der Waals surface area contributed by atoms with E-state index in [0.717, 1.165) is 10.5 Å². The summed E-state index contributed by atoms with van der Waals surface area (Å²) in [5.74, 6) is 0.463. The predicted octanol–water partition coefficient (Wildman–Crippen LogP) is 4.59. The van der Waals surface area contributed by atoms with Gasteiger partial charge in [0.2, 0.25) is 0 Å².